The third-order valence-electron chi connectivity index (χ3n) is 5.30. The van der Waals surface area contributed by atoms with Crippen molar-refractivity contribution in [2.24, 2.45) is 0 Å². The standard InChI is InChI=1S/C21H20F6N2O5S/c22-20(23,24)19(31,21(25,26)27)15-3-5-16(6-4-15)28-18(30)13-14-1-7-17(8-2-14)35(32,33)29-9-11-34-12-10-29/h1-8,31H,9-13H2,(H,28,30). The lowest BCUT2D eigenvalue weighted by molar-refractivity contribution is -0.376. The average Bonchev–Trinajstić information content (AvgIpc) is 2.78. The number of aliphatic hydroxyl groups is 1. The maximum Gasteiger partial charge on any atom is 0.430 e. The predicted octanol–water partition coefficient (Wildman–Crippen LogP) is 3.20. The molecular weight excluding hydrogens is 506 g/mol. The number of carbonyl (C=O) groups excluding carboxylic acids is 1. The second kappa shape index (κ2) is 9.76. The van der Waals surface area contributed by atoms with E-state index in [0.717, 1.165) is 12.1 Å². The largest absolute Gasteiger partial charge is 0.430 e. The number of anilines is 1. The van der Waals surface area contributed by atoms with Crippen LogP contribution in [-0.4, -0.2) is 62.4 Å². The fraction of sp³-hybridized carbons (Fsp3) is 0.381. The van der Waals surface area contributed by atoms with Gasteiger partial charge in [-0.1, -0.05) is 24.3 Å². The van der Waals surface area contributed by atoms with Crippen molar-refractivity contribution in [2.75, 3.05) is 31.6 Å². The lowest BCUT2D eigenvalue weighted by Gasteiger charge is -2.32. The zero-order chi connectivity index (χ0) is 26.1. The van der Waals surface area contributed by atoms with Crippen LogP contribution in [0.4, 0.5) is 32.0 Å². The van der Waals surface area contributed by atoms with Gasteiger partial charge in [-0.3, -0.25) is 4.79 Å². The van der Waals surface area contributed by atoms with Crippen molar-refractivity contribution in [3.63, 3.8) is 0 Å². The minimum Gasteiger partial charge on any atom is -0.379 e. The smallest absolute Gasteiger partial charge is 0.379 e. The molecule has 2 N–H and O–H groups in total. The molecule has 2 aromatic rings. The van der Waals surface area contributed by atoms with Gasteiger partial charge in [0.25, 0.3) is 5.60 Å². The van der Waals surface area contributed by atoms with Gasteiger partial charge < -0.3 is 15.2 Å². The van der Waals surface area contributed by atoms with Crippen LogP contribution < -0.4 is 5.32 Å². The summed E-state index contributed by atoms with van der Waals surface area (Å²) in [5.74, 6) is -0.650. The fourth-order valence-electron chi connectivity index (χ4n) is 3.39. The number of benzene rings is 2. The summed E-state index contributed by atoms with van der Waals surface area (Å²) in [4.78, 5) is 12.3. The van der Waals surface area contributed by atoms with E-state index < -0.39 is 39.4 Å². The third kappa shape index (κ3) is 5.60. The van der Waals surface area contributed by atoms with Gasteiger partial charge in [-0.2, -0.15) is 30.6 Å². The van der Waals surface area contributed by atoms with Crippen LogP contribution in [0, 0.1) is 0 Å². The van der Waals surface area contributed by atoms with Crippen molar-refractivity contribution in [2.45, 2.75) is 29.3 Å². The Hall–Kier alpha value is -2.68. The molecule has 0 spiro atoms. The van der Waals surface area contributed by atoms with Crippen molar-refractivity contribution in [3.05, 3.63) is 59.7 Å². The molecular formula is C21H20F6N2O5S. The number of carbonyl (C=O) groups is 1. The molecule has 0 saturated carbocycles. The molecule has 0 bridgehead atoms. The molecule has 14 heteroatoms. The Labute approximate surface area is 196 Å². The van der Waals surface area contributed by atoms with Crippen LogP contribution in [0.25, 0.3) is 0 Å². The molecule has 0 aliphatic carbocycles. The zero-order valence-electron chi connectivity index (χ0n) is 17.9. The first-order chi connectivity index (χ1) is 16.2. The van der Waals surface area contributed by atoms with Crippen LogP contribution in [-0.2, 0) is 31.6 Å². The van der Waals surface area contributed by atoms with Crippen molar-refractivity contribution in [3.8, 4) is 0 Å². The van der Waals surface area contributed by atoms with E-state index in [-0.39, 0.29) is 43.3 Å². The number of hydrogen-bond acceptors (Lipinski definition) is 5. The van der Waals surface area contributed by atoms with E-state index in [4.69, 9.17) is 4.74 Å². The number of halogens is 6. The number of amides is 1. The summed E-state index contributed by atoms with van der Waals surface area (Å²) in [6, 6.07) is 7.94. The van der Waals surface area contributed by atoms with Crippen molar-refractivity contribution in [1.29, 1.82) is 0 Å². The van der Waals surface area contributed by atoms with Gasteiger partial charge in [-0.15, -0.1) is 0 Å². The van der Waals surface area contributed by atoms with E-state index in [2.05, 4.69) is 5.32 Å². The average molecular weight is 526 g/mol. The Morgan fingerprint density at radius 1 is 0.914 bits per heavy atom. The molecule has 1 fully saturated rings. The van der Waals surface area contributed by atoms with Crippen LogP contribution in [0.5, 0.6) is 0 Å². The number of nitrogens with zero attached hydrogens (tertiary/aromatic N) is 1. The first-order valence-corrected chi connectivity index (χ1v) is 11.5. The molecule has 0 unspecified atom stereocenters. The maximum atomic E-state index is 13.0. The highest BCUT2D eigenvalue weighted by atomic mass is 32.2. The number of rotatable bonds is 6. The molecule has 1 amide bonds. The molecule has 1 aliphatic rings. The van der Waals surface area contributed by atoms with Crippen molar-refractivity contribution in [1.82, 2.24) is 4.31 Å². The van der Waals surface area contributed by atoms with E-state index in [0.29, 0.717) is 17.7 Å². The van der Waals surface area contributed by atoms with Crippen molar-refractivity contribution >= 4 is 21.6 Å². The summed E-state index contributed by atoms with van der Waals surface area (Å²) < 4.78 is 109. The van der Waals surface area contributed by atoms with Gasteiger partial charge in [-0.25, -0.2) is 8.42 Å². The minimum atomic E-state index is -6.02. The third-order valence-corrected chi connectivity index (χ3v) is 7.22. The number of hydrogen-bond donors (Lipinski definition) is 2. The highest BCUT2D eigenvalue weighted by Crippen LogP contribution is 2.50. The Bertz CT molecular complexity index is 1130. The van der Waals surface area contributed by atoms with Gasteiger partial charge in [0.05, 0.1) is 24.5 Å². The van der Waals surface area contributed by atoms with E-state index >= 15 is 0 Å². The van der Waals surface area contributed by atoms with Gasteiger partial charge >= 0.3 is 12.4 Å². The van der Waals surface area contributed by atoms with E-state index in [1.165, 1.54) is 28.6 Å². The Balaban J connectivity index is 1.67. The Kier molecular flexibility index (Phi) is 7.50. The van der Waals surface area contributed by atoms with Crippen molar-refractivity contribution < 1.29 is 49.4 Å². The molecule has 7 nitrogen and oxygen atoms in total. The Morgan fingerprint density at radius 3 is 1.91 bits per heavy atom. The molecule has 0 radical (unpaired) electrons. The summed E-state index contributed by atoms with van der Waals surface area (Å²) in [6.07, 6.45) is -12.3. The van der Waals surface area contributed by atoms with E-state index in [1.807, 2.05) is 0 Å². The molecule has 1 aliphatic heterocycles. The molecule has 2 aromatic carbocycles. The highest BCUT2D eigenvalue weighted by Gasteiger charge is 2.71. The van der Waals surface area contributed by atoms with Crippen LogP contribution in [0.15, 0.2) is 53.4 Å². The van der Waals surface area contributed by atoms with Crippen LogP contribution in [0.1, 0.15) is 11.1 Å². The second-order valence-electron chi connectivity index (χ2n) is 7.67. The first kappa shape index (κ1) is 26.9. The molecule has 3 rings (SSSR count). The number of morpholine rings is 1. The number of ether oxygens (including phenoxy) is 1. The van der Waals surface area contributed by atoms with Gasteiger partial charge in [0.15, 0.2) is 0 Å². The fourth-order valence-corrected chi connectivity index (χ4v) is 4.80. The lowest BCUT2D eigenvalue weighted by Crippen LogP contribution is -2.53. The number of alkyl halides is 6. The maximum absolute atomic E-state index is 13.0. The quantitative estimate of drug-likeness (QED) is 0.564. The SMILES string of the molecule is O=C(Cc1ccc(S(=O)(=O)N2CCOCC2)cc1)Nc1ccc(C(O)(C(F)(F)F)C(F)(F)F)cc1. The summed E-state index contributed by atoms with van der Waals surface area (Å²) in [6.45, 7) is 0.998. The Morgan fingerprint density at radius 2 is 1.43 bits per heavy atom. The number of nitrogens with one attached hydrogen (secondary N) is 1. The summed E-state index contributed by atoms with van der Waals surface area (Å²) >= 11 is 0. The van der Waals surface area contributed by atoms with Crippen LogP contribution in [0.3, 0.4) is 0 Å². The summed E-state index contributed by atoms with van der Waals surface area (Å²) in [5, 5.41) is 11.7. The van der Waals surface area contributed by atoms with E-state index in [1.54, 1.807) is 0 Å². The normalized spacial score (nSPS) is 16.2. The first-order valence-electron chi connectivity index (χ1n) is 10.1. The molecule has 35 heavy (non-hydrogen) atoms. The number of sulfonamides is 1. The van der Waals surface area contributed by atoms with Gasteiger partial charge in [0, 0.05) is 24.3 Å². The zero-order valence-corrected chi connectivity index (χ0v) is 18.7. The summed E-state index contributed by atoms with van der Waals surface area (Å²) in [5.41, 5.74) is -6.20. The molecule has 0 aromatic heterocycles. The van der Waals surface area contributed by atoms with Crippen LogP contribution in [0.2, 0.25) is 0 Å². The molecule has 0 atom stereocenters. The van der Waals surface area contributed by atoms with E-state index in [9.17, 15) is 44.7 Å². The van der Waals surface area contributed by atoms with Gasteiger partial charge in [0.2, 0.25) is 15.9 Å². The topological polar surface area (TPSA) is 95.9 Å². The highest BCUT2D eigenvalue weighted by molar-refractivity contribution is 7.89. The summed E-state index contributed by atoms with van der Waals surface area (Å²) in [7, 11) is -3.72. The monoisotopic (exact) mass is 526 g/mol. The molecule has 1 heterocycles. The minimum absolute atomic E-state index is 0.0287. The molecule has 1 saturated heterocycles. The second-order valence-corrected chi connectivity index (χ2v) is 9.61. The molecule has 192 valence electrons. The lowest BCUT2D eigenvalue weighted by atomic mass is 9.92. The van der Waals surface area contributed by atoms with Gasteiger partial charge in [-0.05, 0) is 29.8 Å². The predicted molar refractivity (Wildman–Crippen MR) is 111 cm³/mol. The van der Waals surface area contributed by atoms with Gasteiger partial charge in [0.1, 0.15) is 0 Å². The van der Waals surface area contributed by atoms with Crippen LogP contribution >= 0.6 is 0 Å².